The highest BCUT2D eigenvalue weighted by atomic mass is 16.8. The third kappa shape index (κ3) is 5.90. The molecule has 2 fully saturated rings. The molecule has 12 nitrogen and oxygen atoms in total. The number of rotatable bonds is 11. The summed E-state index contributed by atoms with van der Waals surface area (Å²) in [5, 5.41) is 22.7. The molecule has 3 aromatic carbocycles. The van der Waals surface area contributed by atoms with Crippen LogP contribution >= 0.6 is 0 Å². The van der Waals surface area contributed by atoms with Crippen molar-refractivity contribution in [3.8, 4) is 18.0 Å². The van der Waals surface area contributed by atoms with Crippen molar-refractivity contribution in [1.29, 1.82) is 5.26 Å². The van der Waals surface area contributed by atoms with Crippen LogP contribution in [0.25, 0.3) is 0 Å². The van der Waals surface area contributed by atoms with Gasteiger partial charge in [-0.25, -0.2) is 0 Å². The van der Waals surface area contributed by atoms with Crippen LogP contribution in [-0.2, 0) is 24.5 Å². The molecular formula is C35H34N4O8. The maximum absolute atomic E-state index is 12.2. The zero-order chi connectivity index (χ0) is 33.2. The molecule has 2 aliphatic rings. The van der Waals surface area contributed by atoms with Crippen molar-refractivity contribution < 1.29 is 33.3 Å². The highest BCUT2D eigenvalue weighted by molar-refractivity contribution is 5.50. The summed E-state index contributed by atoms with van der Waals surface area (Å²) in [6, 6.07) is 31.7. The number of fused-ring (bicyclic) bond motifs is 1. The van der Waals surface area contributed by atoms with Crippen LogP contribution in [-0.4, -0.2) is 65.9 Å². The Hall–Kier alpha value is -4.93. The van der Waals surface area contributed by atoms with E-state index >= 15 is 0 Å². The number of methoxy groups -OCH3 is 2. The molecular weight excluding hydrogens is 604 g/mol. The molecule has 2 saturated heterocycles. The molecule has 3 heterocycles. The Kier molecular flexibility index (Phi) is 8.90. The van der Waals surface area contributed by atoms with E-state index in [1.807, 2.05) is 91.0 Å². The summed E-state index contributed by atoms with van der Waals surface area (Å²) in [5.41, 5.74) is 0.881. The molecule has 0 bridgehead atoms. The number of hydrogen-bond donors (Lipinski definition) is 0. The fourth-order valence-electron chi connectivity index (χ4n) is 6.44. The second-order valence-corrected chi connectivity index (χ2v) is 11.6. The molecule has 242 valence electrons. The number of nitrogens with zero attached hydrogens (tertiary/aromatic N) is 4. The number of hydrogen-bond acceptors (Lipinski definition) is 11. The lowest BCUT2D eigenvalue weighted by Gasteiger charge is -2.37. The van der Waals surface area contributed by atoms with Crippen molar-refractivity contribution in [2.24, 2.45) is 0 Å². The predicted molar refractivity (Wildman–Crippen MR) is 168 cm³/mol. The largest absolute Gasteiger partial charge is 0.476 e. The number of nitriles is 1. The predicted octanol–water partition coefficient (Wildman–Crippen LogP) is 5.31. The van der Waals surface area contributed by atoms with Gasteiger partial charge in [0.05, 0.1) is 31.8 Å². The van der Waals surface area contributed by atoms with Gasteiger partial charge in [-0.1, -0.05) is 91.0 Å². The van der Waals surface area contributed by atoms with E-state index in [0.29, 0.717) is 0 Å². The third-order valence-corrected chi connectivity index (χ3v) is 8.37. The lowest BCUT2D eigenvalue weighted by molar-refractivity contribution is -0.387. The van der Waals surface area contributed by atoms with Gasteiger partial charge in [0.2, 0.25) is 0 Å². The summed E-state index contributed by atoms with van der Waals surface area (Å²) < 4.78 is 36.6. The third-order valence-electron chi connectivity index (χ3n) is 8.37. The maximum Gasteiger partial charge on any atom is 0.353 e. The molecule has 0 N–H and O–H groups in total. The van der Waals surface area contributed by atoms with Crippen molar-refractivity contribution >= 4 is 5.69 Å². The highest BCUT2D eigenvalue weighted by Gasteiger charge is 2.59. The normalized spacial score (nSPS) is 22.2. The van der Waals surface area contributed by atoms with Gasteiger partial charge in [-0.2, -0.15) is 15.2 Å². The van der Waals surface area contributed by atoms with Crippen molar-refractivity contribution in [2.75, 3.05) is 20.8 Å². The molecule has 4 aromatic rings. The molecule has 47 heavy (non-hydrogen) atoms. The summed E-state index contributed by atoms with van der Waals surface area (Å²) >= 11 is 0. The Morgan fingerprint density at radius 2 is 1.43 bits per heavy atom. The molecule has 0 spiro atoms. The van der Waals surface area contributed by atoms with Crippen LogP contribution in [0.1, 0.15) is 42.1 Å². The van der Waals surface area contributed by atoms with Gasteiger partial charge in [-0.3, -0.25) is 10.1 Å². The summed E-state index contributed by atoms with van der Waals surface area (Å²) in [6.07, 6.45) is -3.21. The van der Waals surface area contributed by atoms with E-state index in [4.69, 9.17) is 28.4 Å². The zero-order valence-corrected chi connectivity index (χ0v) is 26.3. The first-order chi connectivity index (χ1) is 22.7. The molecule has 1 aromatic heterocycles. The van der Waals surface area contributed by atoms with E-state index in [9.17, 15) is 15.4 Å². The minimum atomic E-state index is -1.28. The molecule has 0 saturated carbocycles. The maximum atomic E-state index is 12.2. The van der Waals surface area contributed by atoms with Gasteiger partial charge in [0, 0.05) is 0 Å². The number of aromatic nitrogens is 2. The van der Waals surface area contributed by atoms with Gasteiger partial charge in [-0.05, 0) is 30.5 Å². The molecule has 2 aliphatic heterocycles. The monoisotopic (exact) mass is 638 g/mol. The fourth-order valence-corrected chi connectivity index (χ4v) is 6.44. The van der Waals surface area contributed by atoms with E-state index in [1.54, 1.807) is 13.8 Å². The van der Waals surface area contributed by atoms with E-state index in [-0.39, 0.29) is 24.2 Å². The van der Waals surface area contributed by atoms with Crippen LogP contribution in [0, 0.1) is 21.4 Å². The molecule has 0 aliphatic carbocycles. The average Bonchev–Trinajstić information content (AvgIpc) is 3.59. The first-order valence-corrected chi connectivity index (χ1v) is 15.1. The molecule has 12 heteroatoms. The van der Waals surface area contributed by atoms with Gasteiger partial charge in [-0.15, -0.1) is 0 Å². The van der Waals surface area contributed by atoms with Crippen LogP contribution in [0.15, 0.2) is 91.0 Å². The SMILES string of the molecule is COc1nc(OC)c([N+](=O)[O-])c([C@H](C#N)[C@H]2O[C@H](COC(c3ccccc3)(c3ccccc3)c3ccccc3)[C@H]3OC(C)(C)O[C@H]32)n1. The van der Waals surface area contributed by atoms with E-state index in [1.165, 1.54) is 14.2 Å². The van der Waals surface area contributed by atoms with Crippen molar-refractivity contribution in [1.82, 2.24) is 9.97 Å². The van der Waals surface area contributed by atoms with Gasteiger partial charge in [0.25, 0.3) is 0 Å². The smallest absolute Gasteiger partial charge is 0.353 e. The average molecular weight is 639 g/mol. The van der Waals surface area contributed by atoms with Crippen LogP contribution in [0.3, 0.4) is 0 Å². The topological polar surface area (TPSA) is 148 Å². The highest BCUT2D eigenvalue weighted by Crippen LogP contribution is 2.47. The standard InChI is InChI=1S/C35H34N4O8/c1-34(2)46-30-26(45-29(31(30)47-34)25(20-36)27-28(39(40)41)32(42-3)38-33(37-27)43-4)21-44-35(22-14-8-5-9-15-22,23-16-10-6-11-17-23)24-18-12-7-13-19-24/h5-19,25-26,29-31H,21H2,1-4H3/t25-,26+,29+,30+,31-/m0/s1. The summed E-state index contributed by atoms with van der Waals surface area (Å²) in [5.74, 6) is -2.65. The van der Waals surface area contributed by atoms with Crippen LogP contribution < -0.4 is 9.47 Å². The fraction of sp³-hybridized carbons (Fsp3) is 0.343. The Bertz CT molecular complexity index is 1650. The van der Waals surface area contributed by atoms with E-state index in [2.05, 4.69) is 16.0 Å². The van der Waals surface area contributed by atoms with Crippen LogP contribution in [0.5, 0.6) is 11.9 Å². The van der Waals surface area contributed by atoms with Crippen molar-refractivity contribution in [3.05, 3.63) is 123 Å². The molecule has 0 unspecified atom stereocenters. The van der Waals surface area contributed by atoms with Crippen molar-refractivity contribution in [3.63, 3.8) is 0 Å². The number of ether oxygens (including phenoxy) is 6. The first-order valence-electron chi connectivity index (χ1n) is 15.1. The molecule has 0 amide bonds. The quantitative estimate of drug-likeness (QED) is 0.120. The van der Waals surface area contributed by atoms with Crippen molar-refractivity contribution in [2.45, 2.75) is 55.6 Å². The Balaban J connectivity index is 1.41. The molecule has 0 radical (unpaired) electrons. The minimum absolute atomic E-state index is 0.0203. The second-order valence-electron chi connectivity index (χ2n) is 11.6. The van der Waals surface area contributed by atoms with Crippen LogP contribution in [0.2, 0.25) is 0 Å². The van der Waals surface area contributed by atoms with Gasteiger partial charge in [0.15, 0.2) is 5.79 Å². The summed E-state index contributed by atoms with van der Waals surface area (Å²) in [7, 11) is 2.56. The van der Waals surface area contributed by atoms with Gasteiger partial charge in [0.1, 0.15) is 41.6 Å². The first kappa shape index (κ1) is 32.0. The lowest BCUT2D eigenvalue weighted by atomic mass is 9.80. The Morgan fingerprint density at radius 3 is 1.89 bits per heavy atom. The Morgan fingerprint density at radius 1 is 0.894 bits per heavy atom. The van der Waals surface area contributed by atoms with E-state index in [0.717, 1.165) is 16.7 Å². The van der Waals surface area contributed by atoms with E-state index < -0.39 is 52.3 Å². The molecule has 5 atom stereocenters. The van der Waals surface area contributed by atoms with Gasteiger partial charge >= 0.3 is 17.6 Å². The lowest BCUT2D eigenvalue weighted by Crippen LogP contribution is -2.39. The second kappa shape index (κ2) is 13.1. The summed E-state index contributed by atoms with van der Waals surface area (Å²) in [4.78, 5) is 19.7. The number of nitro groups is 1. The zero-order valence-electron chi connectivity index (χ0n) is 26.3. The molecule has 6 rings (SSSR count). The van der Waals surface area contributed by atoms with Gasteiger partial charge < -0.3 is 28.4 Å². The van der Waals surface area contributed by atoms with Crippen LogP contribution in [0.4, 0.5) is 5.69 Å². The minimum Gasteiger partial charge on any atom is -0.476 e. The number of benzene rings is 3. The Labute approximate surface area is 272 Å². The summed E-state index contributed by atoms with van der Waals surface area (Å²) in [6.45, 7) is 3.55.